The van der Waals surface area contributed by atoms with Crippen LogP contribution in [0.25, 0.3) is 0 Å². The Morgan fingerprint density at radius 2 is 0.843 bits per heavy atom. The predicted octanol–water partition coefficient (Wildman–Crippen LogP) is 1.00. The fraction of sp³-hybridized carbons (Fsp3) is 0.800. The number of nitrogens with one attached hydrogen (secondary N) is 5. The summed E-state index contributed by atoms with van der Waals surface area (Å²) < 4.78 is 0. The van der Waals surface area contributed by atoms with Crippen LogP contribution in [0.15, 0.2) is 0 Å². The summed E-state index contributed by atoms with van der Waals surface area (Å²) in [5, 5.41) is 32.0. The molecule has 0 aliphatic heterocycles. The Kier molecular flexibility index (Phi) is 22.6. The van der Waals surface area contributed by atoms with E-state index in [0.29, 0.717) is 25.8 Å². The van der Waals surface area contributed by atoms with Crippen molar-refractivity contribution in [2.24, 2.45) is 35.1 Å². The summed E-state index contributed by atoms with van der Waals surface area (Å²) >= 11 is 0. The summed E-state index contributed by atoms with van der Waals surface area (Å²) in [5.74, 6) is -5.95. The molecule has 0 heterocycles. The van der Waals surface area contributed by atoms with Crippen LogP contribution in [-0.4, -0.2) is 94.5 Å². The summed E-state index contributed by atoms with van der Waals surface area (Å²) in [7, 11) is 0. The second-order valence-electron chi connectivity index (χ2n) is 15.0. The topological polar surface area (TPSA) is 272 Å². The lowest BCUT2D eigenvalue weighted by molar-refractivity contribution is -0.142. The molecule has 0 aliphatic carbocycles. The first kappa shape index (κ1) is 47.2. The summed E-state index contributed by atoms with van der Waals surface area (Å²) in [4.78, 5) is 90.1. The molecule has 16 nitrogen and oxygen atoms in total. The first-order valence-corrected chi connectivity index (χ1v) is 18.1. The van der Waals surface area contributed by atoms with Gasteiger partial charge in [0.2, 0.25) is 29.5 Å². The highest BCUT2D eigenvalue weighted by Gasteiger charge is 2.34. The smallest absolute Gasteiger partial charge is 0.326 e. The van der Waals surface area contributed by atoms with Gasteiger partial charge < -0.3 is 48.3 Å². The zero-order valence-electron chi connectivity index (χ0n) is 31.8. The number of carbonyl (C=O) groups is 7. The molecule has 5 amide bonds. The Labute approximate surface area is 302 Å². The van der Waals surface area contributed by atoms with Crippen molar-refractivity contribution < 1.29 is 43.8 Å². The van der Waals surface area contributed by atoms with Gasteiger partial charge in [0, 0.05) is 6.42 Å². The Morgan fingerprint density at radius 3 is 1.18 bits per heavy atom. The Balaban J connectivity index is 6.15. The van der Waals surface area contributed by atoms with E-state index in [1.165, 1.54) is 0 Å². The van der Waals surface area contributed by atoms with E-state index < -0.39 is 84.1 Å². The zero-order valence-corrected chi connectivity index (χ0v) is 31.8. The van der Waals surface area contributed by atoms with Crippen LogP contribution in [0.1, 0.15) is 113 Å². The molecule has 294 valence electrons. The molecule has 11 N–H and O–H groups in total. The number of rotatable bonds is 26. The predicted molar refractivity (Wildman–Crippen MR) is 193 cm³/mol. The van der Waals surface area contributed by atoms with Crippen LogP contribution in [-0.2, 0) is 33.6 Å². The van der Waals surface area contributed by atoms with Gasteiger partial charge in [-0.05, 0) is 81.6 Å². The van der Waals surface area contributed by atoms with Crippen molar-refractivity contribution in [1.82, 2.24) is 26.6 Å². The number of amides is 5. The quantitative estimate of drug-likeness (QED) is 0.0567. The van der Waals surface area contributed by atoms with Crippen molar-refractivity contribution in [2.75, 3.05) is 6.54 Å². The molecule has 0 aliphatic rings. The fourth-order valence-electron chi connectivity index (χ4n) is 5.38. The van der Waals surface area contributed by atoms with Crippen LogP contribution < -0.4 is 38.1 Å². The maximum Gasteiger partial charge on any atom is 0.326 e. The number of carbonyl (C=O) groups excluding carboxylic acids is 5. The standard InChI is InChI=1S/C35H65N7O9/c1-19(2)15-23(37)30(45)38-24(12-13-29(43)44)31(46)40-27(17-21(5)6)33(48)42-28(18-22(7)8)34(49)41-26(16-20(3)4)32(47)39-25(35(50)51)11-9-10-14-36/h19-28H,9-18,36-37H2,1-8H3,(H,38,45)(H,39,47)(H,40,46)(H,41,49)(H,42,48)(H,43,44)(H,50,51)/t23-,24-,25-,26-,27-,28-/m0/s1. The minimum atomic E-state index is -1.29. The molecule has 16 heteroatoms. The molecule has 0 spiro atoms. The SMILES string of the molecule is CC(C)C[C@H](NC(=O)[C@H](CC(C)C)NC(=O)[C@H](CC(C)C)NC(=O)[C@H](CCC(=O)O)NC(=O)[C@@H](N)CC(C)C)C(=O)N[C@@H](CCCCN)C(=O)O. The van der Waals surface area contributed by atoms with Gasteiger partial charge in [0.05, 0.1) is 6.04 Å². The van der Waals surface area contributed by atoms with Crippen molar-refractivity contribution in [1.29, 1.82) is 0 Å². The minimum Gasteiger partial charge on any atom is -0.481 e. The van der Waals surface area contributed by atoms with Gasteiger partial charge >= 0.3 is 11.9 Å². The Hall–Kier alpha value is -3.79. The number of hydrogen-bond donors (Lipinski definition) is 9. The van der Waals surface area contributed by atoms with Crippen LogP contribution in [0.3, 0.4) is 0 Å². The van der Waals surface area contributed by atoms with Gasteiger partial charge in [-0.2, -0.15) is 0 Å². The Morgan fingerprint density at radius 1 is 0.490 bits per heavy atom. The average Bonchev–Trinajstić information content (AvgIpc) is 2.99. The maximum absolute atomic E-state index is 13.7. The molecule has 0 saturated heterocycles. The van der Waals surface area contributed by atoms with E-state index in [-0.39, 0.29) is 55.8 Å². The molecule has 0 rings (SSSR count). The second-order valence-corrected chi connectivity index (χ2v) is 15.0. The molecule has 0 aromatic heterocycles. The van der Waals surface area contributed by atoms with Crippen LogP contribution in [0, 0.1) is 23.7 Å². The third-order valence-electron chi connectivity index (χ3n) is 7.92. The van der Waals surface area contributed by atoms with Gasteiger partial charge in [-0.3, -0.25) is 28.8 Å². The summed E-state index contributed by atoms with van der Waals surface area (Å²) in [6, 6.07) is -6.76. The van der Waals surface area contributed by atoms with E-state index in [1.54, 1.807) is 0 Å². The number of aliphatic carboxylic acids is 2. The van der Waals surface area contributed by atoms with Gasteiger partial charge in [-0.1, -0.05) is 55.4 Å². The number of carboxylic acids is 2. The molecule has 0 aromatic carbocycles. The summed E-state index contributed by atoms with van der Waals surface area (Å²) in [6.45, 7) is 15.2. The van der Waals surface area contributed by atoms with E-state index in [4.69, 9.17) is 11.5 Å². The lowest BCUT2D eigenvalue weighted by atomic mass is 9.98. The van der Waals surface area contributed by atoms with E-state index in [2.05, 4.69) is 26.6 Å². The molecule has 0 fully saturated rings. The van der Waals surface area contributed by atoms with E-state index in [0.717, 1.165) is 0 Å². The van der Waals surface area contributed by atoms with Gasteiger partial charge in [0.1, 0.15) is 30.2 Å². The van der Waals surface area contributed by atoms with Gasteiger partial charge in [-0.15, -0.1) is 0 Å². The molecular formula is C35H65N7O9. The van der Waals surface area contributed by atoms with Crippen LogP contribution in [0.4, 0.5) is 0 Å². The highest BCUT2D eigenvalue weighted by molar-refractivity contribution is 5.96. The Bertz CT molecular complexity index is 1150. The number of hydrogen-bond acceptors (Lipinski definition) is 9. The van der Waals surface area contributed by atoms with Crippen molar-refractivity contribution in [3.63, 3.8) is 0 Å². The normalized spacial score (nSPS) is 15.0. The first-order valence-electron chi connectivity index (χ1n) is 18.1. The van der Waals surface area contributed by atoms with Crippen LogP contribution >= 0.6 is 0 Å². The van der Waals surface area contributed by atoms with E-state index in [9.17, 15) is 43.8 Å². The lowest BCUT2D eigenvalue weighted by Gasteiger charge is -2.28. The van der Waals surface area contributed by atoms with Crippen molar-refractivity contribution in [3.8, 4) is 0 Å². The third-order valence-corrected chi connectivity index (χ3v) is 7.92. The van der Waals surface area contributed by atoms with Crippen molar-refractivity contribution in [3.05, 3.63) is 0 Å². The zero-order chi connectivity index (χ0) is 39.4. The number of nitrogens with two attached hydrogens (primary N) is 2. The fourth-order valence-corrected chi connectivity index (χ4v) is 5.38. The van der Waals surface area contributed by atoms with Gasteiger partial charge in [0.25, 0.3) is 0 Å². The second kappa shape index (κ2) is 24.4. The monoisotopic (exact) mass is 727 g/mol. The molecule has 0 bridgehead atoms. The van der Waals surface area contributed by atoms with E-state index in [1.807, 2.05) is 55.4 Å². The van der Waals surface area contributed by atoms with Crippen molar-refractivity contribution in [2.45, 2.75) is 149 Å². The summed E-state index contributed by atoms with van der Waals surface area (Å²) in [6.07, 6.45) is 1.44. The maximum atomic E-state index is 13.7. The van der Waals surface area contributed by atoms with Crippen LogP contribution in [0.2, 0.25) is 0 Å². The summed E-state index contributed by atoms with van der Waals surface area (Å²) in [5.41, 5.74) is 11.5. The molecule has 0 unspecified atom stereocenters. The van der Waals surface area contributed by atoms with Gasteiger partial charge in [-0.25, -0.2) is 4.79 Å². The highest BCUT2D eigenvalue weighted by atomic mass is 16.4. The average molecular weight is 728 g/mol. The molecule has 6 atom stereocenters. The van der Waals surface area contributed by atoms with Gasteiger partial charge in [0.15, 0.2) is 0 Å². The highest BCUT2D eigenvalue weighted by Crippen LogP contribution is 2.13. The number of unbranched alkanes of at least 4 members (excludes halogenated alkanes) is 1. The molecule has 51 heavy (non-hydrogen) atoms. The first-order chi connectivity index (χ1) is 23.7. The minimum absolute atomic E-state index is 0.0557. The van der Waals surface area contributed by atoms with Crippen LogP contribution in [0.5, 0.6) is 0 Å². The molecule has 0 saturated carbocycles. The van der Waals surface area contributed by atoms with Crippen molar-refractivity contribution >= 4 is 41.5 Å². The molecule has 0 radical (unpaired) electrons. The van der Waals surface area contributed by atoms with E-state index >= 15 is 0 Å². The molecule has 0 aromatic rings. The molecular weight excluding hydrogens is 662 g/mol. The lowest BCUT2D eigenvalue weighted by Crippen LogP contribution is -2.59. The largest absolute Gasteiger partial charge is 0.481 e. The third kappa shape index (κ3) is 20.6. The number of carboxylic acid groups (broad SMARTS) is 2.